The van der Waals surface area contributed by atoms with Crippen LogP contribution in [0.2, 0.25) is 0 Å². The Balaban J connectivity index is 0.807. The van der Waals surface area contributed by atoms with Crippen LogP contribution in [0.25, 0.3) is 121 Å². The van der Waals surface area contributed by atoms with E-state index in [1.54, 1.807) is 0 Å². The van der Waals surface area contributed by atoms with Gasteiger partial charge in [-0.1, -0.05) is 227 Å². The molecule has 0 radical (unpaired) electrons. The van der Waals surface area contributed by atoms with Gasteiger partial charge in [0.1, 0.15) is 0 Å². The fraction of sp³-hybridized carbons (Fsp3) is 0.136. The van der Waals surface area contributed by atoms with Crippen molar-refractivity contribution in [2.75, 3.05) is 0 Å². The zero-order valence-electron chi connectivity index (χ0n) is 47.4. The second-order valence-corrected chi connectivity index (χ2v) is 25.1. The van der Waals surface area contributed by atoms with Crippen molar-refractivity contribution in [1.29, 1.82) is 0 Å². The summed E-state index contributed by atoms with van der Waals surface area (Å²) in [7, 11) is 0. The van der Waals surface area contributed by atoms with Crippen LogP contribution >= 0.6 is 0 Å². The second-order valence-electron chi connectivity index (χ2n) is 25.1. The molecule has 1 atom stereocenters. The molecule has 0 nitrogen and oxygen atoms in total. The van der Waals surface area contributed by atoms with Crippen molar-refractivity contribution >= 4 is 43.1 Å². The largest absolute Gasteiger partial charge is 0.0619 e. The minimum absolute atomic E-state index is 0.152. The molecular formula is C81H62. The van der Waals surface area contributed by atoms with E-state index in [0.29, 0.717) is 0 Å². The van der Waals surface area contributed by atoms with Crippen LogP contribution < -0.4 is 0 Å². The third-order valence-corrected chi connectivity index (χ3v) is 19.6. The summed E-state index contributed by atoms with van der Waals surface area (Å²) >= 11 is 0. The molecule has 0 saturated heterocycles. The molecule has 0 aliphatic heterocycles. The van der Waals surface area contributed by atoms with Crippen molar-refractivity contribution in [3.63, 3.8) is 0 Å². The van der Waals surface area contributed by atoms with Crippen molar-refractivity contribution in [2.45, 2.75) is 71.6 Å². The average Bonchev–Trinajstić information content (AvgIpc) is 2.08. The minimum Gasteiger partial charge on any atom is -0.0619 e. The lowest BCUT2D eigenvalue weighted by atomic mass is 9.70. The Labute approximate surface area is 476 Å². The highest BCUT2D eigenvalue weighted by atomic mass is 14.5. The summed E-state index contributed by atoms with van der Waals surface area (Å²) in [5.41, 5.74) is 31.0. The Morgan fingerprint density at radius 2 is 0.753 bits per heavy atom. The molecule has 16 rings (SSSR count). The smallest absolute Gasteiger partial charge is 0.0442 e. The number of rotatable bonds is 5. The van der Waals surface area contributed by atoms with Gasteiger partial charge < -0.3 is 0 Å². The summed E-state index contributed by atoms with van der Waals surface area (Å²) in [6.07, 6.45) is 0. The molecule has 13 aromatic carbocycles. The minimum atomic E-state index is -0.394. The van der Waals surface area contributed by atoms with E-state index in [-0.39, 0.29) is 10.8 Å². The lowest BCUT2D eigenvalue weighted by Gasteiger charge is -2.31. The normalized spacial score (nSPS) is 15.9. The van der Waals surface area contributed by atoms with Crippen molar-refractivity contribution in [2.24, 2.45) is 0 Å². The zero-order valence-corrected chi connectivity index (χ0v) is 47.4. The van der Waals surface area contributed by atoms with Crippen molar-refractivity contribution < 1.29 is 0 Å². The van der Waals surface area contributed by atoms with E-state index in [4.69, 9.17) is 0 Å². The van der Waals surface area contributed by atoms with E-state index in [1.807, 2.05) is 0 Å². The van der Waals surface area contributed by atoms with Gasteiger partial charge in [0.2, 0.25) is 0 Å². The molecule has 0 heterocycles. The molecule has 0 amide bonds. The van der Waals surface area contributed by atoms with Gasteiger partial charge in [-0.2, -0.15) is 0 Å². The van der Waals surface area contributed by atoms with Gasteiger partial charge in [0.15, 0.2) is 0 Å². The zero-order chi connectivity index (χ0) is 54.8. The van der Waals surface area contributed by atoms with E-state index in [9.17, 15) is 0 Å². The first kappa shape index (κ1) is 47.9. The quantitative estimate of drug-likeness (QED) is 0.161. The Morgan fingerprint density at radius 1 is 0.247 bits per heavy atom. The Bertz CT molecular complexity index is 4920. The molecule has 3 aliphatic carbocycles. The van der Waals surface area contributed by atoms with Gasteiger partial charge in [-0.25, -0.2) is 0 Å². The van der Waals surface area contributed by atoms with E-state index >= 15 is 0 Å². The maximum atomic E-state index is 2.50. The molecule has 81 heavy (non-hydrogen) atoms. The van der Waals surface area contributed by atoms with Gasteiger partial charge in [0.25, 0.3) is 0 Å². The Hall–Kier alpha value is -9.10. The molecule has 0 heteroatoms. The van der Waals surface area contributed by atoms with Gasteiger partial charge in [-0.05, 0) is 236 Å². The number of hydrogen-bond donors (Lipinski definition) is 0. The van der Waals surface area contributed by atoms with Crippen LogP contribution in [-0.4, -0.2) is 0 Å². The van der Waals surface area contributed by atoms with E-state index in [0.717, 1.165) is 0 Å². The molecule has 0 bridgehead atoms. The van der Waals surface area contributed by atoms with Crippen LogP contribution in [0.1, 0.15) is 90.3 Å². The first-order valence-electron chi connectivity index (χ1n) is 29.0. The monoisotopic (exact) mass is 1030 g/mol. The number of aryl methyl sites for hydroxylation is 3. The average molecular weight is 1040 g/mol. The summed E-state index contributed by atoms with van der Waals surface area (Å²) < 4.78 is 0. The summed E-state index contributed by atoms with van der Waals surface area (Å²) in [5, 5.41) is 10.2. The van der Waals surface area contributed by atoms with Crippen LogP contribution in [-0.2, 0) is 16.2 Å². The maximum Gasteiger partial charge on any atom is 0.0442 e. The standard InChI is InChI=1S/C81H62/c1-47-23-25-50-27-28-52(40-58(50)37-47)55-32-34-64-63-17-11-12-20-71(63)81(8,75(64)45-55)73-22-14-21-72-76(73)67-19-13-18-62(78(67)79(72,4)5)56-30-29-54-42-68(49(3)39-60(54)41-56)70-43-53-26-24-48(2)38-59(53)44-69(70)57-33-35-65-66-36-31-51-15-9-10-16-61(51)77(66)80(6,7)74(65)46-57/h9-46H,1-8H3. The van der Waals surface area contributed by atoms with Crippen LogP contribution in [0, 0.1) is 20.8 Å². The summed E-state index contributed by atoms with van der Waals surface area (Å²) in [6.45, 7) is 18.9. The fourth-order valence-corrected chi connectivity index (χ4v) is 15.6. The molecule has 386 valence electrons. The lowest BCUT2D eigenvalue weighted by Crippen LogP contribution is -2.24. The molecule has 0 spiro atoms. The van der Waals surface area contributed by atoms with Gasteiger partial charge in [-0.15, -0.1) is 0 Å². The lowest BCUT2D eigenvalue weighted by molar-refractivity contribution is 0.658. The van der Waals surface area contributed by atoms with E-state index in [1.165, 1.54) is 177 Å². The molecule has 0 aromatic heterocycles. The third-order valence-electron chi connectivity index (χ3n) is 19.6. The topological polar surface area (TPSA) is 0 Å². The van der Waals surface area contributed by atoms with Crippen LogP contribution in [0.5, 0.6) is 0 Å². The second kappa shape index (κ2) is 17.0. The van der Waals surface area contributed by atoms with Crippen LogP contribution in [0.4, 0.5) is 0 Å². The number of hydrogen-bond acceptors (Lipinski definition) is 0. The van der Waals surface area contributed by atoms with Gasteiger partial charge in [0, 0.05) is 16.2 Å². The molecule has 1 unspecified atom stereocenters. The molecule has 0 saturated carbocycles. The highest BCUT2D eigenvalue weighted by Crippen LogP contribution is 2.61. The summed E-state index contributed by atoms with van der Waals surface area (Å²) in [6, 6.07) is 89.0. The molecule has 3 aliphatic rings. The Kier molecular flexibility index (Phi) is 10.0. The maximum absolute atomic E-state index is 2.50. The van der Waals surface area contributed by atoms with Crippen molar-refractivity contribution in [3.8, 4) is 77.9 Å². The van der Waals surface area contributed by atoms with E-state index < -0.39 is 5.41 Å². The molecule has 13 aromatic rings. The van der Waals surface area contributed by atoms with Crippen LogP contribution in [0.3, 0.4) is 0 Å². The highest BCUT2D eigenvalue weighted by Gasteiger charge is 2.47. The SMILES string of the molecule is Cc1ccc2ccc(-c3ccc4c(c3)C(C)(c3cccc5c3-c3cccc(-c6ccc7cc(-c8cc9ccc(C)cc9cc8-c8ccc9c(c8)C(C)(C)c8c-9ccc9ccccc89)c(C)cc7c6)c3C5(C)C)c3ccccc3-4)cc2c1. The highest BCUT2D eigenvalue weighted by molar-refractivity contribution is 6.03. The van der Waals surface area contributed by atoms with Crippen molar-refractivity contribution in [3.05, 3.63) is 286 Å². The van der Waals surface area contributed by atoms with Gasteiger partial charge in [-0.3, -0.25) is 0 Å². The van der Waals surface area contributed by atoms with E-state index in [2.05, 4.69) is 286 Å². The fourth-order valence-electron chi connectivity index (χ4n) is 15.6. The predicted molar refractivity (Wildman–Crippen MR) is 345 cm³/mol. The predicted octanol–water partition coefficient (Wildman–Crippen LogP) is 21.8. The molecule has 0 fully saturated rings. The summed E-state index contributed by atoms with van der Waals surface area (Å²) in [5.74, 6) is 0. The Morgan fingerprint density at radius 3 is 1.59 bits per heavy atom. The molecular weight excluding hydrogens is 973 g/mol. The first-order valence-corrected chi connectivity index (χ1v) is 29.0. The molecule has 0 N–H and O–H groups in total. The number of fused-ring (bicyclic) bond motifs is 14. The van der Waals surface area contributed by atoms with Crippen molar-refractivity contribution in [1.82, 2.24) is 0 Å². The van der Waals surface area contributed by atoms with Crippen LogP contribution in [0.15, 0.2) is 231 Å². The number of benzene rings is 13. The third kappa shape index (κ3) is 6.84. The first-order chi connectivity index (χ1) is 39.2. The van der Waals surface area contributed by atoms with Gasteiger partial charge >= 0.3 is 0 Å². The van der Waals surface area contributed by atoms with Gasteiger partial charge in [0.05, 0.1) is 0 Å². The summed E-state index contributed by atoms with van der Waals surface area (Å²) in [4.78, 5) is 0.